The lowest BCUT2D eigenvalue weighted by atomic mass is 10.1. The molecular weight excluding hydrogens is 290 g/mol. The summed E-state index contributed by atoms with van der Waals surface area (Å²) in [5.41, 5.74) is 7.57. The molecule has 0 amide bonds. The van der Waals surface area contributed by atoms with E-state index in [-0.39, 0.29) is 5.84 Å². The summed E-state index contributed by atoms with van der Waals surface area (Å²) in [4.78, 5) is 0. The van der Waals surface area contributed by atoms with Crippen LogP contribution in [0.3, 0.4) is 0 Å². The van der Waals surface area contributed by atoms with Crippen LogP contribution >= 0.6 is 0 Å². The number of anilines is 1. The highest BCUT2D eigenvalue weighted by Crippen LogP contribution is 2.30. The van der Waals surface area contributed by atoms with E-state index < -0.39 is 10.2 Å². The highest BCUT2D eigenvalue weighted by Gasteiger charge is 2.24. The van der Waals surface area contributed by atoms with Gasteiger partial charge in [0.25, 0.3) is 0 Å². The third kappa shape index (κ3) is 2.82. The van der Waals surface area contributed by atoms with Crippen molar-refractivity contribution in [3.05, 3.63) is 59.7 Å². The van der Waals surface area contributed by atoms with Crippen molar-refractivity contribution < 1.29 is 13.2 Å². The van der Waals surface area contributed by atoms with E-state index in [0.717, 1.165) is 5.56 Å². The van der Waals surface area contributed by atoms with Gasteiger partial charge in [0.15, 0.2) is 5.84 Å². The van der Waals surface area contributed by atoms with Gasteiger partial charge in [-0.2, -0.15) is 8.42 Å². The summed E-state index contributed by atoms with van der Waals surface area (Å²) in [5, 5.41) is 0. The Bertz CT molecular complexity index is 801. The summed E-state index contributed by atoms with van der Waals surface area (Å²) in [5.74, 6) is 0.410. The number of ether oxygens (including phenoxy) is 1. The number of hydrogen-bond donors (Lipinski definition) is 2. The van der Waals surface area contributed by atoms with Crippen LogP contribution in [0.5, 0.6) is 5.75 Å². The van der Waals surface area contributed by atoms with Gasteiger partial charge in [0.2, 0.25) is 0 Å². The molecule has 0 aromatic heterocycles. The maximum Gasteiger partial charge on any atom is 0.344 e. The average molecular weight is 303 g/mol. The number of nitrogens with zero attached hydrogens (tertiary/aromatic N) is 1. The third-order valence-corrected chi connectivity index (χ3v) is 3.89. The molecule has 2 aromatic rings. The molecule has 2 aromatic carbocycles. The lowest BCUT2D eigenvalue weighted by Crippen LogP contribution is -2.26. The Morgan fingerprint density at radius 2 is 1.86 bits per heavy atom. The molecule has 6 nitrogen and oxygen atoms in total. The zero-order valence-electron chi connectivity index (χ0n) is 11.0. The highest BCUT2D eigenvalue weighted by atomic mass is 32.2. The minimum atomic E-state index is -3.77. The van der Waals surface area contributed by atoms with Gasteiger partial charge in [0.05, 0.1) is 11.3 Å². The molecule has 0 atom stereocenters. The van der Waals surface area contributed by atoms with Gasteiger partial charge in [-0.1, -0.05) is 36.4 Å². The number of amidine groups is 1. The van der Waals surface area contributed by atoms with Gasteiger partial charge < -0.3 is 10.5 Å². The number of fused-ring (bicyclic) bond motifs is 1. The second kappa shape index (κ2) is 5.10. The maximum absolute atomic E-state index is 11.5. The van der Waals surface area contributed by atoms with Crippen LogP contribution in [0.2, 0.25) is 0 Å². The minimum Gasteiger partial charge on any atom is -0.488 e. The first-order valence-corrected chi connectivity index (χ1v) is 7.67. The highest BCUT2D eigenvalue weighted by molar-refractivity contribution is 7.91. The van der Waals surface area contributed by atoms with E-state index >= 15 is 0 Å². The van der Waals surface area contributed by atoms with Crippen LogP contribution in [0.1, 0.15) is 11.1 Å². The van der Waals surface area contributed by atoms with Crippen molar-refractivity contribution in [2.75, 3.05) is 4.72 Å². The van der Waals surface area contributed by atoms with E-state index in [1.807, 2.05) is 30.3 Å². The molecular formula is C14H13N3O3S. The van der Waals surface area contributed by atoms with Crippen LogP contribution in [0.25, 0.3) is 0 Å². The Morgan fingerprint density at radius 3 is 2.62 bits per heavy atom. The largest absolute Gasteiger partial charge is 0.488 e. The molecule has 0 spiro atoms. The van der Waals surface area contributed by atoms with E-state index in [1.54, 1.807) is 18.2 Å². The van der Waals surface area contributed by atoms with Gasteiger partial charge >= 0.3 is 10.2 Å². The fourth-order valence-electron chi connectivity index (χ4n) is 2.07. The molecule has 1 heterocycles. The van der Waals surface area contributed by atoms with Crippen molar-refractivity contribution in [1.82, 2.24) is 0 Å². The number of hydrogen-bond acceptors (Lipinski definition) is 4. The van der Waals surface area contributed by atoms with E-state index in [9.17, 15) is 8.42 Å². The monoisotopic (exact) mass is 303 g/mol. The van der Waals surface area contributed by atoms with Gasteiger partial charge in [-0.25, -0.2) is 0 Å². The van der Waals surface area contributed by atoms with Crippen molar-refractivity contribution in [1.29, 1.82) is 0 Å². The molecule has 108 valence electrons. The van der Waals surface area contributed by atoms with E-state index in [1.165, 1.54) is 0 Å². The summed E-state index contributed by atoms with van der Waals surface area (Å²) in [6.07, 6.45) is 0. The topological polar surface area (TPSA) is 93.8 Å². The average Bonchev–Trinajstić information content (AvgIpc) is 2.44. The van der Waals surface area contributed by atoms with E-state index in [4.69, 9.17) is 10.5 Å². The van der Waals surface area contributed by atoms with Crippen LogP contribution in [0.15, 0.2) is 52.9 Å². The Labute approximate surface area is 122 Å². The Kier molecular flexibility index (Phi) is 3.26. The summed E-state index contributed by atoms with van der Waals surface area (Å²) in [6.45, 7) is 0.358. The SMILES string of the molecule is NC1=NS(=O)(=O)Nc2cccc(OCc3ccccc3)c21. The summed E-state index contributed by atoms with van der Waals surface area (Å²) in [7, 11) is -3.77. The second-order valence-electron chi connectivity index (χ2n) is 4.51. The molecule has 0 fully saturated rings. The van der Waals surface area contributed by atoms with Gasteiger partial charge in [0.1, 0.15) is 12.4 Å². The molecule has 1 aliphatic rings. The molecule has 1 aliphatic heterocycles. The predicted octanol–water partition coefficient (Wildman–Crippen LogP) is 1.64. The molecule has 3 rings (SSSR count). The maximum atomic E-state index is 11.5. The van der Waals surface area contributed by atoms with Crippen molar-refractivity contribution >= 4 is 21.7 Å². The zero-order chi connectivity index (χ0) is 14.9. The van der Waals surface area contributed by atoms with Crippen molar-refractivity contribution in [3.63, 3.8) is 0 Å². The Hall–Kier alpha value is -2.54. The lowest BCUT2D eigenvalue weighted by molar-refractivity contribution is 0.306. The zero-order valence-corrected chi connectivity index (χ0v) is 11.8. The van der Waals surface area contributed by atoms with Gasteiger partial charge in [-0.15, -0.1) is 4.40 Å². The molecule has 0 saturated carbocycles. The minimum absolute atomic E-state index is 0.0765. The van der Waals surface area contributed by atoms with Gasteiger partial charge in [-0.05, 0) is 17.7 Å². The molecule has 0 saturated heterocycles. The summed E-state index contributed by atoms with van der Waals surface area (Å²) in [6, 6.07) is 14.7. The van der Waals surface area contributed by atoms with Crippen LogP contribution in [0.4, 0.5) is 5.69 Å². The van der Waals surface area contributed by atoms with Gasteiger partial charge in [0, 0.05) is 0 Å². The van der Waals surface area contributed by atoms with Crippen molar-refractivity contribution in [2.45, 2.75) is 6.61 Å². The number of rotatable bonds is 3. The lowest BCUT2D eigenvalue weighted by Gasteiger charge is -2.19. The van der Waals surface area contributed by atoms with E-state index in [0.29, 0.717) is 23.6 Å². The number of nitrogens with two attached hydrogens (primary N) is 1. The third-order valence-electron chi connectivity index (χ3n) is 2.98. The quantitative estimate of drug-likeness (QED) is 0.901. The Balaban J connectivity index is 1.92. The predicted molar refractivity (Wildman–Crippen MR) is 80.5 cm³/mol. The van der Waals surface area contributed by atoms with Crippen LogP contribution in [-0.4, -0.2) is 14.3 Å². The van der Waals surface area contributed by atoms with Crippen LogP contribution in [-0.2, 0) is 16.8 Å². The molecule has 7 heteroatoms. The molecule has 0 bridgehead atoms. The summed E-state index contributed by atoms with van der Waals surface area (Å²) < 4.78 is 34.5. The standard InChI is InChI=1S/C14H13N3O3S/c15-14-13-11(16-21(18,19)17-14)7-4-8-12(13)20-9-10-5-2-1-3-6-10/h1-8,16H,9H2,(H2,15,17). The fourth-order valence-corrected chi connectivity index (χ4v) is 2.92. The molecule has 0 unspecified atom stereocenters. The molecule has 0 radical (unpaired) electrons. The van der Waals surface area contributed by atoms with Crippen LogP contribution < -0.4 is 15.2 Å². The first-order valence-electron chi connectivity index (χ1n) is 6.23. The molecule has 21 heavy (non-hydrogen) atoms. The number of benzene rings is 2. The first kappa shape index (κ1) is 13.4. The Morgan fingerprint density at radius 1 is 1.10 bits per heavy atom. The van der Waals surface area contributed by atoms with Crippen LogP contribution in [0, 0.1) is 0 Å². The second-order valence-corrected chi connectivity index (χ2v) is 5.84. The molecule has 3 N–H and O–H groups in total. The fraction of sp³-hybridized carbons (Fsp3) is 0.0714. The smallest absolute Gasteiger partial charge is 0.344 e. The molecule has 0 aliphatic carbocycles. The van der Waals surface area contributed by atoms with Crippen molar-refractivity contribution in [2.24, 2.45) is 10.1 Å². The first-order chi connectivity index (χ1) is 10.1. The summed E-state index contributed by atoms with van der Waals surface area (Å²) >= 11 is 0. The normalized spacial score (nSPS) is 15.5. The van der Waals surface area contributed by atoms with Crippen molar-refractivity contribution in [3.8, 4) is 5.75 Å². The number of nitrogens with one attached hydrogen (secondary N) is 1. The van der Waals surface area contributed by atoms with E-state index in [2.05, 4.69) is 9.12 Å². The van der Waals surface area contributed by atoms with Gasteiger partial charge in [-0.3, -0.25) is 4.72 Å².